The number of nitrogens with one attached hydrogen (secondary N) is 1. The Morgan fingerprint density at radius 1 is 1.39 bits per heavy atom. The van der Waals surface area contributed by atoms with Crippen LogP contribution in [0.15, 0.2) is 28.7 Å². The summed E-state index contributed by atoms with van der Waals surface area (Å²) in [7, 11) is 1.65. The van der Waals surface area contributed by atoms with Gasteiger partial charge in [0.1, 0.15) is 5.75 Å². The van der Waals surface area contributed by atoms with Crippen LogP contribution in [0, 0.1) is 6.92 Å². The predicted octanol–water partition coefficient (Wildman–Crippen LogP) is 5.09. The molecule has 0 spiro atoms. The number of anilines is 1. The minimum atomic E-state index is 0.696. The smallest absolute Gasteiger partial charge is 0.142 e. The number of thiophene rings is 1. The Hall–Kier alpha value is -0.710. The zero-order valence-electron chi connectivity index (χ0n) is 10.1. The van der Waals surface area contributed by atoms with E-state index in [1.54, 1.807) is 18.4 Å². The molecule has 5 heteroatoms. The van der Waals surface area contributed by atoms with Gasteiger partial charge in [0.05, 0.1) is 12.8 Å². The maximum atomic E-state index is 5.98. The Morgan fingerprint density at radius 2 is 2.17 bits per heavy atom. The van der Waals surface area contributed by atoms with Crippen LogP contribution in [0.4, 0.5) is 5.69 Å². The van der Waals surface area contributed by atoms with E-state index in [0.717, 1.165) is 22.5 Å². The van der Waals surface area contributed by atoms with Gasteiger partial charge < -0.3 is 10.1 Å². The lowest BCUT2D eigenvalue weighted by Gasteiger charge is -2.10. The van der Waals surface area contributed by atoms with Crippen LogP contribution in [0.3, 0.4) is 0 Å². The molecule has 0 saturated heterocycles. The number of aryl methyl sites for hydroxylation is 1. The first-order chi connectivity index (χ1) is 8.60. The first kappa shape index (κ1) is 13.7. The van der Waals surface area contributed by atoms with Crippen LogP contribution >= 0.6 is 38.9 Å². The van der Waals surface area contributed by atoms with Crippen LogP contribution in [0.5, 0.6) is 5.75 Å². The number of methoxy groups -OCH3 is 1. The van der Waals surface area contributed by atoms with Gasteiger partial charge in [0, 0.05) is 25.8 Å². The summed E-state index contributed by atoms with van der Waals surface area (Å²) in [5.74, 6) is 0.798. The Morgan fingerprint density at radius 3 is 2.78 bits per heavy atom. The highest BCUT2D eigenvalue weighted by molar-refractivity contribution is 9.10. The molecule has 0 bridgehead atoms. The van der Waals surface area contributed by atoms with Crippen molar-refractivity contribution in [2.24, 2.45) is 0 Å². The summed E-state index contributed by atoms with van der Waals surface area (Å²) in [4.78, 5) is 2.55. The molecule has 2 rings (SSSR count). The molecule has 2 nitrogen and oxygen atoms in total. The van der Waals surface area contributed by atoms with Crippen molar-refractivity contribution in [3.8, 4) is 5.75 Å². The summed E-state index contributed by atoms with van der Waals surface area (Å²) < 4.78 is 6.45. The summed E-state index contributed by atoms with van der Waals surface area (Å²) in [5.41, 5.74) is 0.909. The van der Waals surface area contributed by atoms with Crippen LogP contribution in [0.1, 0.15) is 9.75 Å². The van der Waals surface area contributed by atoms with Crippen molar-refractivity contribution in [1.29, 1.82) is 0 Å². The summed E-state index contributed by atoms with van der Waals surface area (Å²) >= 11 is 11.3. The summed E-state index contributed by atoms with van der Waals surface area (Å²) in [6, 6.07) is 7.68. The lowest BCUT2D eigenvalue weighted by Crippen LogP contribution is -1.99. The van der Waals surface area contributed by atoms with Gasteiger partial charge in [-0.2, -0.15) is 0 Å². The molecule has 1 heterocycles. The molecule has 0 aliphatic carbocycles. The van der Waals surface area contributed by atoms with E-state index in [-0.39, 0.29) is 0 Å². The molecule has 0 amide bonds. The van der Waals surface area contributed by atoms with E-state index >= 15 is 0 Å². The SMILES string of the molecule is COc1ccc(Cl)cc1NCc1cc(Br)c(C)s1. The zero-order chi connectivity index (χ0) is 13.1. The number of rotatable bonds is 4. The molecular formula is C13H13BrClNOS. The normalized spacial score (nSPS) is 10.4. The van der Waals surface area contributed by atoms with Crippen molar-refractivity contribution in [3.05, 3.63) is 43.5 Å². The molecule has 1 aromatic carbocycles. The minimum Gasteiger partial charge on any atom is -0.495 e. The maximum Gasteiger partial charge on any atom is 0.142 e. The van der Waals surface area contributed by atoms with Gasteiger partial charge in [-0.05, 0) is 47.1 Å². The molecule has 0 atom stereocenters. The first-order valence-corrected chi connectivity index (χ1v) is 7.41. The first-order valence-electron chi connectivity index (χ1n) is 5.42. The molecule has 0 radical (unpaired) electrons. The molecule has 1 aromatic heterocycles. The Labute approximate surface area is 124 Å². The second-order valence-corrected chi connectivity index (χ2v) is 6.45. The second-order valence-electron chi connectivity index (χ2n) is 3.81. The summed E-state index contributed by atoms with van der Waals surface area (Å²) in [5, 5.41) is 4.04. The van der Waals surface area contributed by atoms with Crippen molar-refractivity contribution in [2.45, 2.75) is 13.5 Å². The number of benzene rings is 1. The van der Waals surface area contributed by atoms with Crippen LogP contribution in [0.25, 0.3) is 0 Å². The number of ether oxygens (including phenoxy) is 1. The van der Waals surface area contributed by atoms with Crippen molar-refractivity contribution in [1.82, 2.24) is 0 Å². The Balaban J connectivity index is 2.12. The third kappa shape index (κ3) is 3.19. The van der Waals surface area contributed by atoms with Crippen molar-refractivity contribution >= 4 is 44.6 Å². The van der Waals surface area contributed by atoms with E-state index in [1.807, 2.05) is 18.2 Å². The average molecular weight is 347 g/mol. The van der Waals surface area contributed by atoms with E-state index < -0.39 is 0 Å². The quantitative estimate of drug-likeness (QED) is 0.832. The highest BCUT2D eigenvalue weighted by Crippen LogP contribution is 2.30. The Bertz CT molecular complexity index is 536. The van der Waals surface area contributed by atoms with Gasteiger partial charge in [-0.1, -0.05) is 11.6 Å². The van der Waals surface area contributed by atoms with Gasteiger partial charge in [-0.15, -0.1) is 11.3 Å². The zero-order valence-corrected chi connectivity index (χ0v) is 13.2. The highest BCUT2D eigenvalue weighted by atomic mass is 79.9. The van der Waals surface area contributed by atoms with Crippen molar-refractivity contribution < 1.29 is 4.74 Å². The van der Waals surface area contributed by atoms with Crippen LogP contribution in [-0.2, 0) is 6.54 Å². The molecule has 96 valence electrons. The molecular weight excluding hydrogens is 334 g/mol. The molecule has 0 fully saturated rings. The molecule has 0 aliphatic rings. The topological polar surface area (TPSA) is 21.3 Å². The standard InChI is InChI=1S/C13H13BrClNOS/c1-8-11(14)6-10(18-8)7-16-12-5-9(15)3-4-13(12)17-2/h3-6,16H,7H2,1-2H3. The monoisotopic (exact) mass is 345 g/mol. The van der Waals surface area contributed by atoms with E-state index in [1.165, 1.54) is 9.75 Å². The summed E-state index contributed by atoms with van der Waals surface area (Å²) in [6.45, 7) is 2.85. The average Bonchev–Trinajstić information content (AvgIpc) is 2.66. The molecule has 0 saturated carbocycles. The lowest BCUT2D eigenvalue weighted by molar-refractivity contribution is 0.416. The molecule has 2 aromatic rings. The second kappa shape index (κ2) is 5.95. The van der Waals surface area contributed by atoms with Crippen LogP contribution in [-0.4, -0.2) is 7.11 Å². The van der Waals surface area contributed by atoms with Crippen LogP contribution < -0.4 is 10.1 Å². The van der Waals surface area contributed by atoms with Gasteiger partial charge in [0.15, 0.2) is 0 Å². The maximum absolute atomic E-state index is 5.98. The van der Waals surface area contributed by atoms with E-state index in [0.29, 0.717) is 5.02 Å². The fourth-order valence-electron chi connectivity index (χ4n) is 1.61. The van der Waals surface area contributed by atoms with E-state index in [2.05, 4.69) is 34.2 Å². The van der Waals surface area contributed by atoms with Gasteiger partial charge in [-0.3, -0.25) is 0 Å². The fraction of sp³-hybridized carbons (Fsp3) is 0.231. The van der Waals surface area contributed by atoms with Crippen LogP contribution in [0.2, 0.25) is 5.02 Å². The van der Waals surface area contributed by atoms with Gasteiger partial charge in [-0.25, -0.2) is 0 Å². The number of hydrogen-bond acceptors (Lipinski definition) is 3. The third-order valence-electron chi connectivity index (χ3n) is 2.52. The lowest BCUT2D eigenvalue weighted by atomic mass is 10.3. The number of hydrogen-bond donors (Lipinski definition) is 1. The fourth-order valence-corrected chi connectivity index (χ4v) is 3.32. The minimum absolute atomic E-state index is 0.696. The molecule has 1 N–H and O–H groups in total. The van der Waals surface area contributed by atoms with Crippen molar-refractivity contribution in [2.75, 3.05) is 12.4 Å². The van der Waals surface area contributed by atoms with E-state index in [4.69, 9.17) is 16.3 Å². The molecule has 18 heavy (non-hydrogen) atoms. The predicted molar refractivity (Wildman–Crippen MR) is 82.1 cm³/mol. The third-order valence-corrected chi connectivity index (χ3v) is 4.89. The highest BCUT2D eigenvalue weighted by Gasteiger charge is 2.06. The van der Waals surface area contributed by atoms with Crippen molar-refractivity contribution in [3.63, 3.8) is 0 Å². The van der Waals surface area contributed by atoms with E-state index in [9.17, 15) is 0 Å². The summed E-state index contributed by atoms with van der Waals surface area (Å²) in [6.07, 6.45) is 0. The van der Waals surface area contributed by atoms with Gasteiger partial charge >= 0.3 is 0 Å². The molecule has 0 aliphatic heterocycles. The number of halogens is 2. The Kier molecular flexibility index (Phi) is 4.54. The van der Waals surface area contributed by atoms with Gasteiger partial charge in [0.2, 0.25) is 0 Å². The van der Waals surface area contributed by atoms with Gasteiger partial charge in [0.25, 0.3) is 0 Å². The molecule has 0 unspecified atom stereocenters. The largest absolute Gasteiger partial charge is 0.495 e.